The van der Waals surface area contributed by atoms with Crippen molar-refractivity contribution in [3.63, 3.8) is 0 Å². The summed E-state index contributed by atoms with van der Waals surface area (Å²) >= 11 is 0. The lowest BCUT2D eigenvalue weighted by Gasteiger charge is -2.42. The first-order valence-electron chi connectivity index (χ1n) is 12.1. The van der Waals surface area contributed by atoms with Crippen molar-refractivity contribution < 1.29 is 9.59 Å². The second-order valence-corrected chi connectivity index (χ2v) is 10.3. The molecule has 1 N–H and O–H groups in total. The maximum atomic E-state index is 13.3. The summed E-state index contributed by atoms with van der Waals surface area (Å²) in [7, 11) is 0. The number of nitrogens with one attached hydrogen (secondary N) is 1. The quantitative estimate of drug-likeness (QED) is 0.663. The first kappa shape index (κ1) is 19.3. The van der Waals surface area contributed by atoms with E-state index in [1.165, 1.54) is 11.1 Å². The lowest BCUT2D eigenvalue weighted by atomic mass is 9.60. The number of nitrogens with zero attached hydrogens (tertiary/aromatic N) is 4. The molecule has 0 bridgehead atoms. The molecule has 2 amide bonds. The fourth-order valence-corrected chi connectivity index (χ4v) is 7.04. The van der Waals surface area contributed by atoms with E-state index < -0.39 is 0 Å². The Bertz CT molecular complexity index is 1250. The largest absolute Gasteiger partial charge is 0.342 e. The van der Waals surface area contributed by atoms with Crippen molar-refractivity contribution in [1.82, 2.24) is 25.2 Å². The van der Waals surface area contributed by atoms with E-state index in [9.17, 15) is 9.59 Å². The molecular weight excluding hydrogens is 414 g/mol. The van der Waals surface area contributed by atoms with Crippen molar-refractivity contribution in [2.45, 2.75) is 19.3 Å². The van der Waals surface area contributed by atoms with Crippen LogP contribution in [0.1, 0.15) is 27.9 Å². The van der Waals surface area contributed by atoms with E-state index in [0.717, 1.165) is 56.5 Å². The van der Waals surface area contributed by atoms with Gasteiger partial charge in [0.1, 0.15) is 11.0 Å². The Labute approximate surface area is 192 Å². The van der Waals surface area contributed by atoms with Gasteiger partial charge in [-0.15, -0.1) is 0 Å². The van der Waals surface area contributed by atoms with Crippen LogP contribution < -0.4 is 0 Å². The topological polar surface area (TPSA) is 82.2 Å². The molecule has 168 valence electrons. The second-order valence-electron chi connectivity index (χ2n) is 10.3. The molecule has 2 aliphatic carbocycles. The van der Waals surface area contributed by atoms with Gasteiger partial charge in [-0.1, -0.05) is 24.3 Å². The van der Waals surface area contributed by atoms with Crippen LogP contribution in [0.3, 0.4) is 0 Å². The Hall–Kier alpha value is -3.22. The predicted molar refractivity (Wildman–Crippen MR) is 122 cm³/mol. The SMILES string of the molecule is O=C(c1ccc2n[nH]nc2c1)N1C[C@@H]2[C@H](C1)[C@H]1CN(C(=O)C3CCc4ccccc4C3)C[C@@H]21. The lowest BCUT2D eigenvalue weighted by molar-refractivity contribution is -0.135. The van der Waals surface area contributed by atoms with E-state index in [2.05, 4.69) is 44.6 Å². The molecule has 7 rings (SSSR count). The molecule has 2 aromatic carbocycles. The van der Waals surface area contributed by atoms with Gasteiger partial charge in [-0.25, -0.2) is 0 Å². The molecule has 5 atom stereocenters. The Balaban J connectivity index is 1.00. The van der Waals surface area contributed by atoms with E-state index in [-0.39, 0.29) is 11.8 Å². The number of hydrogen-bond donors (Lipinski definition) is 1. The van der Waals surface area contributed by atoms with Crippen LogP contribution in [-0.4, -0.2) is 63.2 Å². The monoisotopic (exact) mass is 441 g/mol. The zero-order valence-corrected chi connectivity index (χ0v) is 18.5. The predicted octanol–water partition coefficient (Wildman–Crippen LogP) is 2.54. The Morgan fingerprint density at radius 3 is 2.24 bits per heavy atom. The van der Waals surface area contributed by atoms with Gasteiger partial charge in [0.25, 0.3) is 5.91 Å². The molecule has 1 unspecified atom stereocenters. The minimum atomic E-state index is 0.0844. The Morgan fingerprint density at radius 1 is 0.818 bits per heavy atom. The Morgan fingerprint density at radius 2 is 1.48 bits per heavy atom. The third kappa shape index (κ3) is 2.94. The molecule has 33 heavy (non-hydrogen) atoms. The molecule has 2 aliphatic heterocycles. The fraction of sp³-hybridized carbons (Fsp3) is 0.462. The van der Waals surface area contributed by atoms with Crippen LogP contribution in [0, 0.1) is 29.6 Å². The smallest absolute Gasteiger partial charge is 0.253 e. The molecule has 2 saturated heterocycles. The summed E-state index contributed by atoms with van der Waals surface area (Å²) in [6.45, 7) is 3.35. The van der Waals surface area contributed by atoms with E-state index in [1.54, 1.807) is 0 Å². The summed E-state index contributed by atoms with van der Waals surface area (Å²) < 4.78 is 0. The summed E-state index contributed by atoms with van der Waals surface area (Å²) in [4.78, 5) is 30.6. The molecule has 0 radical (unpaired) electrons. The highest BCUT2D eigenvalue weighted by Gasteiger charge is 2.59. The standard InChI is InChI=1S/C26H27N5O2/c32-25(17-6-5-15-3-1-2-4-16(15)9-17)30-11-19-20(12-30)22-14-31(13-21(19)22)26(33)18-7-8-23-24(10-18)28-29-27-23/h1-4,7-8,10,17,19-22H,5-6,9,11-14H2,(H,27,28,29)/t17?,19-,20+,21+,22-. The van der Waals surface area contributed by atoms with Gasteiger partial charge in [-0.05, 0) is 72.3 Å². The zero-order chi connectivity index (χ0) is 22.1. The zero-order valence-electron chi connectivity index (χ0n) is 18.5. The van der Waals surface area contributed by atoms with Gasteiger partial charge in [-0.3, -0.25) is 9.59 Å². The van der Waals surface area contributed by atoms with E-state index >= 15 is 0 Å². The first-order chi connectivity index (χ1) is 16.2. The molecule has 3 heterocycles. The van der Waals surface area contributed by atoms with E-state index in [1.807, 2.05) is 23.1 Å². The van der Waals surface area contributed by atoms with Gasteiger partial charge in [0.15, 0.2) is 0 Å². The van der Waals surface area contributed by atoms with Crippen LogP contribution in [0.2, 0.25) is 0 Å². The Kier molecular flexibility index (Phi) is 4.17. The molecule has 3 fully saturated rings. The number of likely N-dealkylation sites (tertiary alicyclic amines) is 2. The molecule has 7 nitrogen and oxygen atoms in total. The van der Waals surface area contributed by atoms with Crippen LogP contribution >= 0.6 is 0 Å². The number of fused-ring (bicyclic) bond motifs is 6. The lowest BCUT2D eigenvalue weighted by Crippen LogP contribution is -2.44. The molecule has 7 heteroatoms. The van der Waals surface area contributed by atoms with E-state index in [4.69, 9.17) is 0 Å². The number of benzene rings is 2. The van der Waals surface area contributed by atoms with Crippen molar-refractivity contribution >= 4 is 22.8 Å². The number of carbonyl (C=O) groups is 2. The fourth-order valence-electron chi connectivity index (χ4n) is 7.04. The molecule has 3 aromatic rings. The minimum Gasteiger partial charge on any atom is -0.342 e. The normalized spacial score (nSPS) is 30.0. The van der Waals surface area contributed by atoms with Gasteiger partial charge in [0.05, 0.1) is 0 Å². The molecule has 1 saturated carbocycles. The van der Waals surface area contributed by atoms with Crippen molar-refractivity contribution in [3.05, 3.63) is 59.2 Å². The summed E-state index contributed by atoms with van der Waals surface area (Å²) in [6.07, 6.45) is 2.86. The summed E-state index contributed by atoms with van der Waals surface area (Å²) in [5.74, 6) is 2.71. The van der Waals surface area contributed by atoms with Crippen LogP contribution in [0.5, 0.6) is 0 Å². The van der Waals surface area contributed by atoms with Crippen LogP contribution in [0.4, 0.5) is 0 Å². The third-order valence-electron chi connectivity index (χ3n) is 8.78. The summed E-state index contributed by atoms with van der Waals surface area (Å²) in [6, 6.07) is 14.1. The number of rotatable bonds is 2. The van der Waals surface area contributed by atoms with Crippen LogP contribution in [-0.2, 0) is 17.6 Å². The molecule has 1 aromatic heterocycles. The van der Waals surface area contributed by atoms with Gasteiger partial charge < -0.3 is 9.80 Å². The van der Waals surface area contributed by atoms with Gasteiger partial charge in [-0.2, -0.15) is 15.4 Å². The van der Waals surface area contributed by atoms with Crippen LogP contribution in [0.15, 0.2) is 42.5 Å². The van der Waals surface area contributed by atoms with Crippen molar-refractivity contribution in [1.29, 1.82) is 0 Å². The highest BCUT2D eigenvalue weighted by atomic mass is 16.2. The minimum absolute atomic E-state index is 0.0844. The second kappa shape index (κ2) is 7.14. The summed E-state index contributed by atoms with van der Waals surface area (Å²) in [5, 5.41) is 10.8. The highest BCUT2D eigenvalue weighted by molar-refractivity contribution is 5.97. The average Bonchev–Trinajstić information content (AvgIpc) is 3.56. The van der Waals surface area contributed by atoms with Crippen molar-refractivity contribution in [2.24, 2.45) is 29.6 Å². The number of hydrogen-bond acceptors (Lipinski definition) is 4. The average molecular weight is 442 g/mol. The number of aromatic amines is 1. The number of amides is 2. The number of aromatic nitrogens is 3. The highest BCUT2D eigenvalue weighted by Crippen LogP contribution is 2.54. The molecule has 0 spiro atoms. The van der Waals surface area contributed by atoms with Crippen molar-refractivity contribution in [2.75, 3.05) is 26.2 Å². The van der Waals surface area contributed by atoms with Crippen molar-refractivity contribution in [3.8, 4) is 0 Å². The van der Waals surface area contributed by atoms with Gasteiger partial charge in [0.2, 0.25) is 5.91 Å². The van der Waals surface area contributed by atoms with Gasteiger partial charge >= 0.3 is 0 Å². The summed E-state index contributed by atoms with van der Waals surface area (Å²) in [5.41, 5.74) is 4.93. The number of H-pyrrole nitrogens is 1. The molecular formula is C26H27N5O2. The molecule has 4 aliphatic rings. The third-order valence-corrected chi connectivity index (χ3v) is 8.78. The maximum Gasteiger partial charge on any atom is 0.253 e. The first-order valence-corrected chi connectivity index (χ1v) is 12.1. The van der Waals surface area contributed by atoms with Crippen LogP contribution in [0.25, 0.3) is 11.0 Å². The number of aryl methyl sites for hydroxylation is 1. The number of carbonyl (C=O) groups excluding carboxylic acids is 2. The maximum absolute atomic E-state index is 13.3. The van der Waals surface area contributed by atoms with E-state index in [0.29, 0.717) is 35.1 Å². The van der Waals surface area contributed by atoms with Gasteiger partial charge in [0, 0.05) is 37.7 Å².